The van der Waals surface area contributed by atoms with Crippen molar-refractivity contribution < 1.29 is 9.53 Å². The van der Waals surface area contributed by atoms with Crippen molar-refractivity contribution in [1.82, 2.24) is 4.90 Å². The Morgan fingerprint density at radius 1 is 1.35 bits per heavy atom. The number of amides is 1. The molecule has 23 heavy (non-hydrogen) atoms. The Morgan fingerprint density at radius 3 is 2.87 bits per heavy atom. The number of fused-ring (bicyclic) bond motifs is 1. The molecule has 0 N–H and O–H groups in total. The van der Waals surface area contributed by atoms with E-state index in [0.29, 0.717) is 0 Å². The predicted molar refractivity (Wildman–Crippen MR) is 95.5 cm³/mol. The van der Waals surface area contributed by atoms with E-state index in [2.05, 4.69) is 22.0 Å². The van der Waals surface area contributed by atoms with E-state index in [9.17, 15) is 4.79 Å². The van der Waals surface area contributed by atoms with Gasteiger partial charge in [-0.05, 0) is 63.8 Å². The number of rotatable bonds is 1. The van der Waals surface area contributed by atoms with E-state index in [4.69, 9.17) is 9.73 Å². The summed E-state index contributed by atoms with van der Waals surface area (Å²) in [7, 11) is 0. The first-order valence-electron chi connectivity index (χ1n) is 8.19. The van der Waals surface area contributed by atoms with Crippen LogP contribution in [-0.4, -0.2) is 34.9 Å². The van der Waals surface area contributed by atoms with Gasteiger partial charge < -0.3 is 4.74 Å². The molecule has 3 rings (SSSR count). The molecule has 4 nitrogen and oxygen atoms in total. The first kappa shape index (κ1) is 16.5. The minimum atomic E-state index is -0.468. The molecule has 1 amide bonds. The number of likely N-dealkylation sites (tertiary alicyclic amines) is 1. The maximum atomic E-state index is 12.5. The number of aliphatic imine (C=N–C) groups is 1. The lowest BCUT2D eigenvalue weighted by Crippen LogP contribution is -2.49. The molecular formula is C18H23BrN2O2. The minimum Gasteiger partial charge on any atom is -0.444 e. The number of benzene rings is 1. The maximum absolute atomic E-state index is 12.5. The van der Waals surface area contributed by atoms with Crippen LogP contribution in [0.25, 0.3) is 0 Å². The van der Waals surface area contributed by atoms with Crippen molar-refractivity contribution in [3.63, 3.8) is 0 Å². The standard InChI is InChI=1S/C18H23BrN2O2/c1-18(2,3)23-17(22)21-9-5-4-6-16(21)15-11-12-10-13(19)7-8-14(12)20-15/h7-8,10,16H,4-6,9,11H2,1-3H3/t16-/m0/s1. The number of carbonyl (C=O) groups is 1. The molecule has 1 saturated heterocycles. The quantitative estimate of drug-likeness (QED) is 0.699. The molecule has 0 saturated carbocycles. The summed E-state index contributed by atoms with van der Waals surface area (Å²) in [4.78, 5) is 19.2. The van der Waals surface area contributed by atoms with Crippen LogP contribution in [0.4, 0.5) is 10.5 Å². The second-order valence-corrected chi connectivity index (χ2v) is 8.15. The molecule has 0 aliphatic carbocycles. The molecular weight excluding hydrogens is 356 g/mol. The van der Waals surface area contributed by atoms with Gasteiger partial charge in [-0.1, -0.05) is 15.9 Å². The van der Waals surface area contributed by atoms with Crippen LogP contribution in [-0.2, 0) is 11.2 Å². The summed E-state index contributed by atoms with van der Waals surface area (Å²) in [5.41, 5.74) is 2.87. The molecule has 2 aliphatic heterocycles. The smallest absolute Gasteiger partial charge is 0.410 e. The van der Waals surface area contributed by atoms with E-state index in [0.717, 1.165) is 48.1 Å². The number of piperidine rings is 1. The van der Waals surface area contributed by atoms with Gasteiger partial charge in [-0.3, -0.25) is 9.89 Å². The van der Waals surface area contributed by atoms with E-state index in [1.54, 1.807) is 0 Å². The van der Waals surface area contributed by atoms with Crippen LogP contribution in [0.1, 0.15) is 45.6 Å². The molecule has 1 atom stereocenters. The zero-order valence-corrected chi connectivity index (χ0v) is 15.5. The van der Waals surface area contributed by atoms with Crippen molar-refractivity contribution >= 4 is 33.4 Å². The van der Waals surface area contributed by atoms with Crippen LogP contribution in [0.2, 0.25) is 0 Å². The largest absolute Gasteiger partial charge is 0.444 e. The summed E-state index contributed by atoms with van der Waals surface area (Å²) in [5, 5.41) is 0. The van der Waals surface area contributed by atoms with E-state index in [1.807, 2.05) is 37.8 Å². The summed E-state index contributed by atoms with van der Waals surface area (Å²) in [6.07, 6.45) is 3.72. The molecule has 2 aliphatic rings. The molecule has 0 unspecified atom stereocenters. The van der Waals surface area contributed by atoms with E-state index in [-0.39, 0.29) is 12.1 Å². The molecule has 2 heterocycles. The summed E-state index contributed by atoms with van der Waals surface area (Å²) in [6, 6.07) is 6.22. The van der Waals surface area contributed by atoms with Gasteiger partial charge in [0.1, 0.15) is 5.60 Å². The zero-order chi connectivity index (χ0) is 16.6. The van der Waals surface area contributed by atoms with Crippen molar-refractivity contribution in [2.24, 2.45) is 4.99 Å². The van der Waals surface area contributed by atoms with E-state index >= 15 is 0 Å². The Hall–Kier alpha value is -1.36. The summed E-state index contributed by atoms with van der Waals surface area (Å²) < 4.78 is 6.66. The van der Waals surface area contributed by atoms with Crippen molar-refractivity contribution in [2.75, 3.05) is 6.54 Å². The number of ether oxygens (including phenoxy) is 1. The lowest BCUT2D eigenvalue weighted by molar-refractivity contribution is 0.0166. The average molecular weight is 379 g/mol. The Bertz CT molecular complexity index is 649. The number of hydrogen-bond donors (Lipinski definition) is 0. The predicted octanol–water partition coefficient (Wildman–Crippen LogP) is 4.87. The number of hydrogen-bond acceptors (Lipinski definition) is 3. The first-order valence-corrected chi connectivity index (χ1v) is 8.98. The zero-order valence-electron chi connectivity index (χ0n) is 13.9. The van der Waals surface area contributed by atoms with Crippen LogP contribution >= 0.6 is 15.9 Å². The Labute approximate surface area is 146 Å². The number of carbonyl (C=O) groups excluding carboxylic acids is 1. The summed E-state index contributed by atoms with van der Waals surface area (Å²) in [6.45, 7) is 6.47. The van der Waals surface area contributed by atoms with Gasteiger partial charge in [0.05, 0.1) is 11.7 Å². The second-order valence-electron chi connectivity index (χ2n) is 7.24. The molecule has 0 bridgehead atoms. The van der Waals surface area contributed by atoms with Crippen LogP contribution in [0.15, 0.2) is 27.7 Å². The topological polar surface area (TPSA) is 41.9 Å². The van der Waals surface area contributed by atoms with E-state index in [1.165, 1.54) is 5.56 Å². The Balaban J connectivity index is 1.79. The summed E-state index contributed by atoms with van der Waals surface area (Å²) >= 11 is 3.51. The maximum Gasteiger partial charge on any atom is 0.410 e. The molecule has 1 aromatic carbocycles. The highest BCUT2D eigenvalue weighted by molar-refractivity contribution is 9.10. The normalized spacial score (nSPS) is 21.0. The van der Waals surface area contributed by atoms with Crippen molar-refractivity contribution in [2.45, 2.75) is 58.1 Å². The third kappa shape index (κ3) is 3.77. The summed E-state index contributed by atoms with van der Waals surface area (Å²) in [5.74, 6) is 0. The minimum absolute atomic E-state index is 0.0600. The van der Waals surface area contributed by atoms with Crippen LogP contribution < -0.4 is 0 Å². The average Bonchev–Trinajstić information content (AvgIpc) is 2.88. The fourth-order valence-electron chi connectivity index (χ4n) is 3.20. The molecule has 0 radical (unpaired) electrons. The molecule has 1 fully saturated rings. The van der Waals surface area contributed by atoms with Gasteiger partial charge in [0, 0.05) is 23.1 Å². The highest BCUT2D eigenvalue weighted by atomic mass is 79.9. The van der Waals surface area contributed by atoms with E-state index < -0.39 is 5.60 Å². The van der Waals surface area contributed by atoms with Crippen LogP contribution in [0, 0.1) is 0 Å². The highest BCUT2D eigenvalue weighted by Gasteiger charge is 2.35. The van der Waals surface area contributed by atoms with Gasteiger partial charge in [0.2, 0.25) is 0 Å². The third-order valence-electron chi connectivity index (χ3n) is 4.19. The van der Waals surface area contributed by atoms with Gasteiger partial charge in [-0.25, -0.2) is 4.79 Å². The highest BCUT2D eigenvalue weighted by Crippen LogP contribution is 2.33. The first-order chi connectivity index (χ1) is 10.8. The van der Waals surface area contributed by atoms with Crippen molar-refractivity contribution in [3.8, 4) is 0 Å². The van der Waals surface area contributed by atoms with Crippen molar-refractivity contribution in [3.05, 3.63) is 28.2 Å². The SMILES string of the molecule is CC(C)(C)OC(=O)N1CCCC[C@H]1C1=Nc2ccc(Br)cc2C1. The monoisotopic (exact) mass is 378 g/mol. The Morgan fingerprint density at radius 2 is 2.13 bits per heavy atom. The fraction of sp³-hybridized carbons (Fsp3) is 0.556. The lowest BCUT2D eigenvalue weighted by atomic mass is 9.95. The lowest BCUT2D eigenvalue weighted by Gasteiger charge is -2.36. The molecule has 5 heteroatoms. The van der Waals surface area contributed by atoms with Gasteiger partial charge >= 0.3 is 6.09 Å². The molecule has 1 aromatic rings. The van der Waals surface area contributed by atoms with Crippen LogP contribution in [0.5, 0.6) is 0 Å². The third-order valence-corrected chi connectivity index (χ3v) is 4.69. The number of nitrogens with zero attached hydrogens (tertiary/aromatic N) is 2. The van der Waals surface area contributed by atoms with Gasteiger partial charge in [0.25, 0.3) is 0 Å². The van der Waals surface area contributed by atoms with Gasteiger partial charge in [0.15, 0.2) is 0 Å². The molecule has 0 spiro atoms. The second kappa shape index (κ2) is 6.27. The fourth-order valence-corrected chi connectivity index (χ4v) is 3.61. The molecule has 124 valence electrons. The van der Waals surface area contributed by atoms with Gasteiger partial charge in [-0.2, -0.15) is 0 Å². The number of halogens is 1. The molecule has 0 aromatic heterocycles. The van der Waals surface area contributed by atoms with Crippen molar-refractivity contribution in [1.29, 1.82) is 0 Å². The Kier molecular flexibility index (Phi) is 4.50. The van der Waals surface area contributed by atoms with Gasteiger partial charge in [-0.15, -0.1) is 0 Å². The van der Waals surface area contributed by atoms with Crippen LogP contribution in [0.3, 0.4) is 0 Å².